The van der Waals surface area contributed by atoms with Crippen molar-refractivity contribution in [1.29, 1.82) is 0 Å². The first kappa shape index (κ1) is 22.1. The van der Waals surface area contributed by atoms with Gasteiger partial charge in [0, 0.05) is 0 Å². The quantitative estimate of drug-likeness (QED) is 0.572. The number of carbonyl (C=O) groups is 2. The lowest BCUT2D eigenvalue weighted by atomic mass is 9.78. The molecule has 0 heterocycles. The average Bonchev–Trinajstić information content (AvgIpc) is 3.11. The van der Waals surface area contributed by atoms with E-state index in [0.717, 1.165) is 17.5 Å². The Kier molecular flexibility index (Phi) is 6.96. The summed E-state index contributed by atoms with van der Waals surface area (Å²) in [6, 6.07) is 15.5. The molecule has 1 aliphatic rings. The third-order valence-electron chi connectivity index (χ3n) is 5.84. The topological polar surface area (TPSA) is 52.6 Å². The minimum absolute atomic E-state index is 0.250. The third-order valence-corrected chi connectivity index (χ3v) is 5.84. The van der Waals surface area contributed by atoms with Crippen LogP contribution in [0.2, 0.25) is 0 Å². The highest BCUT2D eigenvalue weighted by Gasteiger charge is 2.52. The largest absolute Gasteiger partial charge is 0.465 e. The van der Waals surface area contributed by atoms with E-state index in [9.17, 15) is 9.59 Å². The lowest BCUT2D eigenvalue weighted by Gasteiger charge is -2.33. The van der Waals surface area contributed by atoms with Gasteiger partial charge in [-0.25, -0.2) is 4.79 Å². The van der Waals surface area contributed by atoms with Crippen molar-refractivity contribution in [3.63, 3.8) is 0 Å². The van der Waals surface area contributed by atoms with Crippen LogP contribution in [0, 0.1) is 25.2 Å². The van der Waals surface area contributed by atoms with Crippen LogP contribution >= 0.6 is 0 Å². The van der Waals surface area contributed by atoms with Gasteiger partial charge in [-0.05, 0) is 63.1 Å². The Hall–Kier alpha value is -2.62. The van der Waals surface area contributed by atoms with Crippen LogP contribution in [-0.2, 0) is 20.7 Å². The summed E-state index contributed by atoms with van der Waals surface area (Å²) in [5, 5.41) is 0. The predicted octanol–water partition coefficient (Wildman–Crippen LogP) is 5.44. The fraction of sp³-hybridized carbons (Fsp3) is 0.462. The zero-order chi connectivity index (χ0) is 21.7. The molecular weight excluding hydrogens is 376 g/mol. The first-order valence-electron chi connectivity index (χ1n) is 10.8. The van der Waals surface area contributed by atoms with Gasteiger partial charge in [-0.15, -0.1) is 0 Å². The SMILES string of the molecule is Cc1ccc(CC2(C(=O)OCC(C)C)CCCC2OC(=O)c2ccc(C)cc2)cc1. The van der Waals surface area contributed by atoms with Gasteiger partial charge >= 0.3 is 11.9 Å². The van der Waals surface area contributed by atoms with Crippen molar-refractivity contribution in [2.24, 2.45) is 11.3 Å². The zero-order valence-electron chi connectivity index (χ0n) is 18.4. The molecule has 0 radical (unpaired) electrons. The number of hydrogen-bond donors (Lipinski definition) is 0. The van der Waals surface area contributed by atoms with Crippen molar-refractivity contribution in [1.82, 2.24) is 0 Å². The monoisotopic (exact) mass is 408 g/mol. The van der Waals surface area contributed by atoms with Crippen molar-refractivity contribution in [2.75, 3.05) is 6.61 Å². The lowest BCUT2D eigenvalue weighted by Crippen LogP contribution is -2.44. The van der Waals surface area contributed by atoms with E-state index in [1.165, 1.54) is 5.56 Å². The van der Waals surface area contributed by atoms with E-state index in [-0.39, 0.29) is 17.9 Å². The van der Waals surface area contributed by atoms with Crippen LogP contribution in [-0.4, -0.2) is 24.6 Å². The molecule has 3 rings (SSSR count). The van der Waals surface area contributed by atoms with Crippen molar-refractivity contribution in [2.45, 2.75) is 59.5 Å². The van der Waals surface area contributed by atoms with Crippen LogP contribution in [0.25, 0.3) is 0 Å². The molecule has 1 saturated carbocycles. The third kappa shape index (κ3) is 5.10. The molecule has 4 nitrogen and oxygen atoms in total. The van der Waals surface area contributed by atoms with E-state index < -0.39 is 11.5 Å². The van der Waals surface area contributed by atoms with E-state index >= 15 is 0 Å². The van der Waals surface area contributed by atoms with Crippen LogP contribution in [0.15, 0.2) is 48.5 Å². The summed E-state index contributed by atoms with van der Waals surface area (Å²) >= 11 is 0. The molecule has 2 unspecified atom stereocenters. The van der Waals surface area contributed by atoms with Gasteiger partial charge in [0.15, 0.2) is 0 Å². The summed E-state index contributed by atoms with van der Waals surface area (Å²) in [4.78, 5) is 26.1. The van der Waals surface area contributed by atoms with Gasteiger partial charge < -0.3 is 9.47 Å². The minimum atomic E-state index is -0.843. The maximum atomic E-state index is 13.3. The summed E-state index contributed by atoms with van der Waals surface area (Å²) in [5.41, 5.74) is 2.97. The van der Waals surface area contributed by atoms with E-state index in [1.807, 2.05) is 64.1 Å². The molecule has 0 aliphatic heterocycles. The molecule has 0 aromatic heterocycles. The molecule has 0 amide bonds. The molecule has 160 valence electrons. The first-order valence-corrected chi connectivity index (χ1v) is 10.8. The first-order chi connectivity index (χ1) is 14.3. The molecule has 0 saturated heterocycles. The highest BCUT2D eigenvalue weighted by molar-refractivity contribution is 5.90. The van der Waals surface area contributed by atoms with Gasteiger partial charge in [0.2, 0.25) is 0 Å². The van der Waals surface area contributed by atoms with Crippen LogP contribution in [0.5, 0.6) is 0 Å². The molecule has 0 bridgehead atoms. The molecular formula is C26H32O4. The van der Waals surface area contributed by atoms with Crippen molar-refractivity contribution in [3.8, 4) is 0 Å². The number of hydrogen-bond acceptors (Lipinski definition) is 4. The Morgan fingerprint density at radius 2 is 1.60 bits per heavy atom. The number of rotatable bonds is 7. The Morgan fingerprint density at radius 3 is 2.20 bits per heavy atom. The second kappa shape index (κ2) is 9.46. The van der Waals surface area contributed by atoms with E-state index in [4.69, 9.17) is 9.47 Å². The number of esters is 2. The maximum Gasteiger partial charge on any atom is 0.338 e. The van der Waals surface area contributed by atoms with Crippen LogP contribution in [0.3, 0.4) is 0 Å². The average molecular weight is 409 g/mol. The molecule has 2 aromatic rings. The molecule has 2 aromatic carbocycles. The minimum Gasteiger partial charge on any atom is -0.465 e. The highest BCUT2D eigenvalue weighted by Crippen LogP contribution is 2.44. The number of carbonyl (C=O) groups excluding carboxylic acids is 2. The van der Waals surface area contributed by atoms with Crippen LogP contribution in [0.4, 0.5) is 0 Å². The van der Waals surface area contributed by atoms with E-state index in [2.05, 4.69) is 0 Å². The fourth-order valence-electron chi connectivity index (χ4n) is 4.06. The molecule has 4 heteroatoms. The summed E-state index contributed by atoms with van der Waals surface area (Å²) in [7, 11) is 0. The molecule has 2 atom stereocenters. The number of ether oxygens (including phenoxy) is 2. The molecule has 0 N–H and O–H groups in total. The lowest BCUT2D eigenvalue weighted by molar-refractivity contribution is -0.162. The summed E-state index contributed by atoms with van der Waals surface area (Å²) in [5.74, 6) is -0.386. The highest BCUT2D eigenvalue weighted by atomic mass is 16.6. The van der Waals surface area contributed by atoms with E-state index in [1.54, 1.807) is 12.1 Å². The second-order valence-electron chi connectivity index (χ2n) is 8.96. The maximum absolute atomic E-state index is 13.3. The Morgan fingerprint density at radius 1 is 1.00 bits per heavy atom. The van der Waals surface area contributed by atoms with Gasteiger partial charge in [0.05, 0.1) is 12.2 Å². The zero-order valence-corrected chi connectivity index (χ0v) is 18.4. The van der Waals surface area contributed by atoms with Crippen molar-refractivity contribution < 1.29 is 19.1 Å². The Labute approximate surface area is 179 Å². The molecule has 0 spiro atoms. The van der Waals surface area contributed by atoms with Crippen LogP contribution in [0.1, 0.15) is 60.2 Å². The van der Waals surface area contributed by atoms with Gasteiger partial charge in [0.1, 0.15) is 11.5 Å². The summed E-state index contributed by atoms with van der Waals surface area (Å²) in [6.45, 7) is 8.42. The van der Waals surface area contributed by atoms with Gasteiger partial charge in [-0.3, -0.25) is 4.79 Å². The van der Waals surface area contributed by atoms with Crippen molar-refractivity contribution in [3.05, 3.63) is 70.8 Å². The van der Waals surface area contributed by atoms with Gasteiger partial charge in [-0.2, -0.15) is 0 Å². The fourth-order valence-corrected chi connectivity index (χ4v) is 4.06. The molecule has 1 aliphatic carbocycles. The Balaban J connectivity index is 1.86. The Bertz CT molecular complexity index is 867. The second-order valence-corrected chi connectivity index (χ2v) is 8.96. The van der Waals surface area contributed by atoms with Gasteiger partial charge in [0.25, 0.3) is 0 Å². The number of benzene rings is 2. The predicted molar refractivity (Wildman–Crippen MR) is 117 cm³/mol. The standard InChI is InChI=1S/C26H32O4/c1-18(2)17-29-25(28)26(16-21-11-7-19(3)8-12-21)15-5-6-23(26)30-24(27)22-13-9-20(4)10-14-22/h7-14,18,23H,5-6,15-17H2,1-4H3. The summed E-state index contributed by atoms with van der Waals surface area (Å²) < 4.78 is 11.6. The molecule has 30 heavy (non-hydrogen) atoms. The number of aryl methyl sites for hydroxylation is 2. The summed E-state index contributed by atoms with van der Waals surface area (Å²) in [6.07, 6.45) is 2.17. The van der Waals surface area contributed by atoms with Crippen LogP contribution < -0.4 is 0 Å². The molecule has 1 fully saturated rings. The normalized spacial score (nSPS) is 20.9. The van der Waals surface area contributed by atoms with Gasteiger partial charge in [-0.1, -0.05) is 61.4 Å². The smallest absolute Gasteiger partial charge is 0.338 e. The van der Waals surface area contributed by atoms with Crippen molar-refractivity contribution >= 4 is 11.9 Å². The van der Waals surface area contributed by atoms with E-state index in [0.29, 0.717) is 31.4 Å².